The van der Waals surface area contributed by atoms with Crippen LogP contribution < -0.4 is 10.1 Å². The minimum absolute atomic E-state index is 0.0191. The number of nitrogens with one attached hydrogen (secondary N) is 1. The monoisotopic (exact) mass is 521 g/mol. The van der Waals surface area contributed by atoms with Crippen LogP contribution in [0.4, 0.5) is 0 Å². The van der Waals surface area contributed by atoms with Crippen LogP contribution in [-0.4, -0.2) is 79.4 Å². The fourth-order valence-electron chi connectivity index (χ4n) is 5.58. The van der Waals surface area contributed by atoms with E-state index in [0.29, 0.717) is 19.1 Å². The van der Waals surface area contributed by atoms with Crippen molar-refractivity contribution in [2.45, 2.75) is 76.2 Å². The zero-order valence-corrected chi connectivity index (χ0v) is 23.8. The Morgan fingerprint density at radius 3 is 2.25 bits per heavy atom. The number of rotatable bonds is 13. The molecule has 1 aromatic carbocycles. The normalized spacial score (nSPS) is 21.6. The summed E-state index contributed by atoms with van der Waals surface area (Å²) in [6, 6.07) is 4.56. The van der Waals surface area contributed by atoms with Crippen LogP contribution >= 0.6 is 0 Å². The maximum atomic E-state index is 13.0. The number of aryl methyl sites for hydroxylation is 2. The van der Waals surface area contributed by atoms with Crippen LogP contribution in [0.3, 0.4) is 0 Å². The minimum atomic E-state index is -1.30. The first-order valence-electron chi connectivity index (χ1n) is 13.6. The van der Waals surface area contributed by atoms with Crippen LogP contribution in [0.15, 0.2) is 17.0 Å². The molecule has 1 aromatic rings. The number of methoxy groups -OCH3 is 1. The molecule has 0 heterocycles. The quantitative estimate of drug-likeness (QED) is 0.396. The topological polar surface area (TPSA) is 71.1 Å². The van der Waals surface area contributed by atoms with E-state index >= 15 is 0 Å². The van der Waals surface area contributed by atoms with E-state index in [1.54, 1.807) is 11.4 Å². The zero-order chi connectivity index (χ0) is 26.1. The number of hydrogen-bond acceptors (Lipinski definition) is 5. The smallest absolute Gasteiger partial charge is 0.248 e. The zero-order valence-electron chi connectivity index (χ0n) is 23.0. The third-order valence-electron chi connectivity index (χ3n) is 7.88. The van der Waals surface area contributed by atoms with Crippen LogP contribution in [0.5, 0.6) is 5.75 Å². The van der Waals surface area contributed by atoms with Gasteiger partial charge in [0, 0.05) is 33.2 Å². The van der Waals surface area contributed by atoms with Gasteiger partial charge in [0.25, 0.3) is 0 Å². The standard InChI is InChI=1S/C28H47N3O4S/c1-21-16-26(34-5)17-22(2)28(21)36(33)31(4)14-15-35-20-27(32)30(3)19-24-12-10-23(11-13-24)18-29-25-8-6-7-9-25/h16-17,23-25,29H,6-15,18-20H2,1-5H3. The first-order valence-corrected chi connectivity index (χ1v) is 14.7. The average molecular weight is 522 g/mol. The van der Waals surface area contributed by atoms with Crippen LogP contribution in [0, 0.1) is 25.7 Å². The van der Waals surface area contributed by atoms with Gasteiger partial charge in [-0.05, 0) is 94.0 Å². The van der Waals surface area contributed by atoms with Crippen molar-refractivity contribution in [1.29, 1.82) is 0 Å². The lowest BCUT2D eigenvalue weighted by atomic mass is 9.81. The fraction of sp³-hybridized carbons (Fsp3) is 0.750. The Morgan fingerprint density at radius 1 is 1.03 bits per heavy atom. The second-order valence-electron chi connectivity index (χ2n) is 10.8. The van der Waals surface area contributed by atoms with Crippen LogP contribution in [0.1, 0.15) is 62.5 Å². The lowest BCUT2D eigenvalue weighted by Gasteiger charge is -2.32. The maximum absolute atomic E-state index is 13.0. The third-order valence-corrected chi connectivity index (χ3v) is 9.62. The Morgan fingerprint density at radius 2 is 1.64 bits per heavy atom. The summed E-state index contributed by atoms with van der Waals surface area (Å²) in [5, 5.41) is 3.78. The molecule has 1 N–H and O–H groups in total. The second kappa shape index (κ2) is 14.5. The molecule has 2 aliphatic carbocycles. The molecule has 0 spiro atoms. The molecule has 1 atom stereocenters. The molecule has 2 aliphatic rings. The van der Waals surface area contributed by atoms with Gasteiger partial charge in [0.05, 0.1) is 18.6 Å². The molecule has 1 unspecified atom stereocenters. The van der Waals surface area contributed by atoms with E-state index < -0.39 is 11.0 Å². The number of carbonyl (C=O) groups excluding carboxylic acids is 1. The van der Waals surface area contributed by atoms with Gasteiger partial charge in [-0.25, -0.2) is 8.51 Å². The van der Waals surface area contributed by atoms with Gasteiger partial charge in [0.1, 0.15) is 23.3 Å². The number of amides is 1. The average Bonchev–Trinajstić information content (AvgIpc) is 3.39. The Hall–Kier alpha value is -1.48. The van der Waals surface area contributed by atoms with Crippen molar-refractivity contribution in [2.75, 3.05) is 54.1 Å². The van der Waals surface area contributed by atoms with Crippen molar-refractivity contribution >= 4 is 16.9 Å². The molecule has 204 valence electrons. The molecular formula is C28H47N3O4S. The van der Waals surface area contributed by atoms with Crippen molar-refractivity contribution in [1.82, 2.24) is 14.5 Å². The highest BCUT2D eigenvalue weighted by Crippen LogP contribution is 2.30. The number of benzene rings is 1. The van der Waals surface area contributed by atoms with Gasteiger partial charge in [-0.3, -0.25) is 4.79 Å². The Kier molecular flexibility index (Phi) is 11.7. The van der Waals surface area contributed by atoms with Crippen LogP contribution in [0.2, 0.25) is 0 Å². The van der Waals surface area contributed by atoms with Gasteiger partial charge in [0.2, 0.25) is 5.91 Å². The third kappa shape index (κ3) is 8.54. The highest BCUT2D eigenvalue weighted by Gasteiger charge is 2.25. The van der Waals surface area contributed by atoms with Crippen molar-refractivity contribution in [3.63, 3.8) is 0 Å². The SMILES string of the molecule is COc1cc(C)c(S(=O)N(C)CCOCC(=O)N(C)CC2CCC(CNC3CCCC3)CC2)c(C)c1. The van der Waals surface area contributed by atoms with Crippen molar-refractivity contribution in [2.24, 2.45) is 11.8 Å². The van der Waals surface area contributed by atoms with E-state index in [1.807, 2.05) is 45.0 Å². The van der Waals surface area contributed by atoms with Crippen LogP contribution in [-0.2, 0) is 20.5 Å². The Balaban J connectivity index is 1.31. The van der Waals surface area contributed by atoms with E-state index in [9.17, 15) is 9.00 Å². The maximum Gasteiger partial charge on any atom is 0.248 e. The highest BCUT2D eigenvalue weighted by atomic mass is 32.2. The van der Waals surface area contributed by atoms with Gasteiger partial charge in [0.15, 0.2) is 0 Å². The molecule has 36 heavy (non-hydrogen) atoms. The molecular weight excluding hydrogens is 474 g/mol. The van der Waals surface area contributed by atoms with Crippen LogP contribution in [0.25, 0.3) is 0 Å². The highest BCUT2D eigenvalue weighted by molar-refractivity contribution is 7.82. The van der Waals surface area contributed by atoms with Crippen molar-refractivity contribution in [3.05, 3.63) is 23.3 Å². The lowest BCUT2D eigenvalue weighted by molar-refractivity contribution is -0.135. The number of nitrogens with zero attached hydrogens (tertiary/aromatic N) is 2. The Labute approximate surface area is 220 Å². The summed E-state index contributed by atoms with van der Waals surface area (Å²) in [5.74, 6) is 2.17. The first-order chi connectivity index (χ1) is 17.3. The molecule has 8 heteroatoms. The van der Waals surface area contributed by atoms with E-state index in [0.717, 1.165) is 46.8 Å². The number of hydrogen-bond donors (Lipinski definition) is 1. The van der Waals surface area contributed by atoms with E-state index in [1.165, 1.54) is 51.4 Å². The molecule has 0 bridgehead atoms. The van der Waals surface area contributed by atoms with Crippen molar-refractivity contribution < 1.29 is 18.5 Å². The van der Waals surface area contributed by atoms with Gasteiger partial charge in [-0.1, -0.05) is 12.8 Å². The van der Waals surface area contributed by atoms with E-state index in [-0.39, 0.29) is 12.5 Å². The molecule has 0 aromatic heterocycles. The van der Waals surface area contributed by atoms with E-state index in [2.05, 4.69) is 5.32 Å². The molecule has 3 rings (SSSR count). The Bertz CT molecular complexity index is 843. The number of likely N-dealkylation sites (N-methyl/N-ethyl adjacent to an activating group) is 2. The molecule has 1 amide bonds. The van der Waals surface area contributed by atoms with Gasteiger partial charge in [-0.2, -0.15) is 0 Å². The summed E-state index contributed by atoms with van der Waals surface area (Å²) in [5.41, 5.74) is 1.88. The summed E-state index contributed by atoms with van der Waals surface area (Å²) in [6.07, 6.45) is 10.4. The number of ether oxygens (including phenoxy) is 2. The largest absolute Gasteiger partial charge is 0.497 e. The summed E-state index contributed by atoms with van der Waals surface area (Å²) >= 11 is 0. The summed E-state index contributed by atoms with van der Waals surface area (Å²) in [4.78, 5) is 15.2. The molecule has 0 radical (unpaired) electrons. The summed E-state index contributed by atoms with van der Waals surface area (Å²) in [6.45, 7) is 6.77. The van der Waals surface area contributed by atoms with Crippen molar-refractivity contribution in [3.8, 4) is 5.75 Å². The first kappa shape index (κ1) is 29.1. The lowest BCUT2D eigenvalue weighted by Crippen LogP contribution is -2.37. The van der Waals surface area contributed by atoms with Gasteiger partial charge >= 0.3 is 0 Å². The predicted molar refractivity (Wildman–Crippen MR) is 146 cm³/mol. The summed E-state index contributed by atoms with van der Waals surface area (Å²) in [7, 11) is 4.04. The van der Waals surface area contributed by atoms with Gasteiger partial charge < -0.3 is 19.7 Å². The fourth-order valence-corrected chi connectivity index (χ4v) is 6.80. The van der Waals surface area contributed by atoms with E-state index in [4.69, 9.17) is 9.47 Å². The molecule has 2 fully saturated rings. The van der Waals surface area contributed by atoms with Gasteiger partial charge in [-0.15, -0.1) is 0 Å². The minimum Gasteiger partial charge on any atom is -0.497 e. The summed E-state index contributed by atoms with van der Waals surface area (Å²) < 4.78 is 25.8. The predicted octanol–water partition coefficient (Wildman–Crippen LogP) is 4.08. The molecule has 0 saturated heterocycles. The molecule has 0 aliphatic heterocycles. The molecule has 2 saturated carbocycles. The second-order valence-corrected chi connectivity index (χ2v) is 12.3. The number of carbonyl (C=O) groups is 1. The molecule has 7 nitrogen and oxygen atoms in total.